The van der Waals surface area contributed by atoms with E-state index in [9.17, 15) is 4.79 Å². The van der Waals surface area contributed by atoms with Crippen molar-refractivity contribution in [3.8, 4) is 0 Å². The second-order valence-electron chi connectivity index (χ2n) is 2.07. The first-order valence-electron chi connectivity index (χ1n) is 2.76. The zero-order valence-electron chi connectivity index (χ0n) is 5.20. The number of carbonyl (C=O) groups is 1. The highest BCUT2D eigenvalue weighted by Crippen LogP contribution is 2.06. The zero-order valence-corrected chi connectivity index (χ0v) is 5.20. The molecule has 0 aromatic heterocycles. The SMILES string of the molecule is CN1CC(CO)OC1=O. The molecule has 1 heterocycles. The van der Waals surface area contributed by atoms with Crippen molar-refractivity contribution in [2.75, 3.05) is 20.2 Å². The van der Waals surface area contributed by atoms with Gasteiger partial charge in [-0.25, -0.2) is 4.79 Å². The van der Waals surface area contributed by atoms with E-state index in [0.29, 0.717) is 6.54 Å². The molecule has 1 atom stereocenters. The molecule has 4 nitrogen and oxygen atoms in total. The molecule has 0 aromatic rings. The molecule has 0 saturated carbocycles. The number of aliphatic hydroxyl groups excluding tert-OH is 1. The fourth-order valence-electron chi connectivity index (χ4n) is 0.745. The van der Waals surface area contributed by atoms with Crippen molar-refractivity contribution < 1.29 is 14.6 Å². The van der Waals surface area contributed by atoms with Crippen molar-refractivity contribution in [2.24, 2.45) is 0 Å². The molecule has 1 amide bonds. The van der Waals surface area contributed by atoms with E-state index in [0.717, 1.165) is 0 Å². The van der Waals surface area contributed by atoms with Gasteiger partial charge in [0.2, 0.25) is 0 Å². The van der Waals surface area contributed by atoms with E-state index < -0.39 is 0 Å². The highest BCUT2D eigenvalue weighted by Gasteiger charge is 2.26. The minimum Gasteiger partial charge on any atom is -0.442 e. The number of amides is 1. The molecule has 1 rings (SSSR count). The molecule has 0 aromatic carbocycles. The Morgan fingerprint density at radius 3 is 2.89 bits per heavy atom. The van der Waals surface area contributed by atoms with Crippen molar-refractivity contribution in [1.29, 1.82) is 0 Å². The number of rotatable bonds is 1. The van der Waals surface area contributed by atoms with Gasteiger partial charge in [0.25, 0.3) is 0 Å². The molecule has 1 aliphatic rings. The number of aliphatic hydroxyl groups is 1. The molecule has 0 bridgehead atoms. The summed E-state index contributed by atoms with van der Waals surface area (Å²) in [6.07, 6.45) is -0.670. The standard InChI is InChI=1S/C5H9NO3/c1-6-2-4(3-7)9-5(6)8/h4,7H,2-3H2,1H3. The molecule has 4 heteroatoms. The summed E-state index contributed by atoms with van der Waals surface area (Å²) in [4.78, 5) is 12.0. The first kappa shape index (κ1) is 6.35. The van der Waals surface area contributed by atoms with Gasteiger partial charge in [0.05, 0.1) is 13.2 Å². The van der Waals surface area contributed by atoms with Gasteiger partial charge in [-0.1, -0.05) is 0 Å². The number of carbonyl (C=O) groups excluding carboxylic acids is 1. The second kappa shape index (κ2) is 2.23. The van der Waals surface area contributed by atoms with Crippen LogP contribution in [0.15, 0.2) is 0 Å². The van der Waals surface area contributed by atoms with Gasteiger partial charge in [-0.2, -0.15) is 0 Å². The zero-order chi connectivity index (χ0) is 6.85. The first-order chi connectivity index (χ1) is 4.24. The summed E-state index contributed by atoms with van der Waals surface area (Å²) in [5.74, 6) is 0. The summed E-state index contributed by atoms with van der Waals surface area (Å²) in [5, 5.41) is 8.50. The van der Waals surface area contributed by atoms with Crippen LogP contribution in [-0.4, -0.2) is 42.4 Å². The Balaban J connectivity index is 2.44. The number of nitrogens with zero attached hydrogens (tertiary/aromatic N) is 1. The number of cyclic esters (lactones) is 1. The molecule has 52 valence electrons. The molecule has 0 radical (unpaired) electrons. The Bertz CT molecular complexity index is 125. The molecule has 0 spiro atoms. The highest BCUT2D eigenvalue weighted by atomic mass is 16.6. The molecule has 1 unspecified atom stereocenters. The lowest BCUT2D eigenvalue weighted by Gasteiger charge is -2.00. The largest absolute Gasteiger partial charge is 0.442 e. The fraction of sp³-hybridized carbons (Fsp3) is 0.800. The van der Waals surface area contributed by atoms with Crippen molar-refractivity contribution in [3.63, 3.8) is 0 Å². The lowest BCUT2D eigenvalue weighted by molar-refractivity contribution is 0.0951. The number of likely N-dealkylation sites (N-methyl/N-ethyl adjacent to an activating group) is 1. The minimum absolute atomic E-state index is 0.0872. The van der Waals surface area contributed by atoms with Crippen LogP contribution in [0.3, 0.4) is 0 Å². The maximum atomic E-state index is 10.5. The van der Waals surface area contributed by atoms with Crippen LogP contribution in [-0.2, 0) is 4.74 Å². The lowest BCUT2D eigenvalue weighted by Crippen LogP contribution is -2.20. The van der Waals surface area contributed by atoms with Gasteiger partial charge >= 0.3 is 6.09 Å². The molecular formula is C5H9NO3. The maximum absolute atomic E-state index is 10.5. The van der Waals surface area contributed by atoms with Crippen LogP contribution in [0.25, 0.3) is 0 Å². The van der Waals surface area contributed by atoms with Gasteiger partial charge in [-0.05, 0) is 0 Å². The van der Waals surface area contributed by atoms with Crippen LogP contribution in [0.1, 0.15) is 0 Å². The van der Waals surface area contributed by atoms with Crippen molar-refractivity contribution >= 4 is 6.09 Å². The lowest BCUT2D eigenvalue weighted by atomic mass is 10.4. The quantitative estimate of drug-likeness (QED) is 0.518. The molecule has 1 fully saturated rings. The minimum atomic E-state index is -0.353. The molecule has 1 aliphatic heterocycles. The van der Waals surface area contributed by atoms with Crippen LogP contribution in [0, 0.1) is 0 Å². The van der Waals surface area contributed by atoms with E-state index in [4.69, 9.17) is 5.11 Å². The summed E-state index contributed by atoms with van der Waals surface area (Å²) in [5.41, 5.74) is 0. The maximum Gasteiger partial charge on any atom is 0.410 e. The summed E-state index contributed by atoms with van der Waals surface area (Å²) >= 11 is 0. The third-order valence-electron chi connectivity index (χ3n) is 1.26. The fourth-order valence-corrected chi connectivity index (χ4v) is 0.745. The number of hydrogen-bond donors (Lipinski definition) is 1. The monoisotopic (exact) mass is 131 g/mol. The van der Waals surface area contributed by atoms with Crippen LogP contribution < -0.4 is 0 Å². The second-order valence-corrected chi connectivity index (χ2v) is 2.07. The van der Waals surface area contributed by atoms with Gasteiger partial charge in [0, 0.05) is 7.05 Å². The average Bonchev–Trinajstić information content (AvgIpc) is 2.13. The van der Waals surface area contributed by atoms with Gasteiger partial charge in [0.1, 0.15) is 6.10 Å². The Labute approximate surface area is 53.0 Å². The molecule has 1 saturated heterocycles. The van der Waals surface area contributed by atoms with Crippen LogP contribution in [0.5, 0.6) is 0 Å². The van der Waals surface area contributed by atoms with Crippen molar-refractivity contribution in [3.05, 3.63) is 0 Å². The third kappa shape index (κ3) is 1.13. The van der Waals surface area contributed by atoms with Crippen LogP contribution in [0.4, 0.5) is 4.79 Å². The van der Waals surface area contributed by atoms with Gasteiger partial charge in [-0.15, -0.1) is 0 Å². The predicted molar refractivity (Wildman–Crippen MR) is 30.0 cm³/mol. The van der Waals surface area contributed by atoms with Crippen molar-refractivity contribution in [2.45, 2.75) is 6.10 Å². The van der Waals surface area contributed by atoms with E-state index >= 15 is 0 Å². The van der Waals surface area contributed by atoms with Crippen LogP contribution in [0.2, 0.25) is 0 Å². The van der Waals surface area contributed by atoms with E-state index in [1.165, 1.54) is 4.90 Å². The van der Waals surface area contributed by atoms with E-state index in [1.54, 1.807) is 7.05 Å². The van der Waals surface area contributed by atoms with Gasteiger partial charge in [0.15, 0.2) is 0 Å². The Kier molecular flexibility index (Phi) is 1.57. The Hall–Kier alpha value is -0.770. The van der Waals surface area contributed by atoms with Gasteiger partial charge in [-0.3, -0.25) is 0 Å². The third-order valence-corrected chi connectivity index (χ3v) is 1.26. The normalized spacial score (nSPS) is 26.7. The number of hydrogen-bond acceptors (Lipinski definition) is 3. The summed E-state index contributed by atoms with van der Waals surface area (Å²) in [7, 11) is 1.64. The summed E-state index contributed by atoms with van der Waals surface area (Å²) in [6.45, 7) is 0.408. The molecule has 0 aliphatic carbocycles. The van der Waals surface area contributed by atoms with E-state index in [2.05, 4.69) is 4.74 Å². The number of ether oxygens (including phenoxy) is 1. The van der Waals surface area contributed by atoms with Gasteiger partial charge < -0.3 is 14.7 Å². The Morgan fingerprint density at radius 2 is 2.67 bits per heavy atom. The molecular weight excluding hydrogens is 122 g/mol. The first-order valence-corrected chi connectivity index (χ1v) is 2.76. The average molecular weight is 131 g/mol. The molecule has 1 N–H and O–H groups in total. The van der Waals surface area contributed by atoms with Crippen molar-refractivity contribution in [1.82, 2.24) is 4.90 Å². The Morgan fingerprint density at radius 1 is 2.00 bits per heavy atom. The molecule has 9 heavy (non-hydrogen) atoms. The summed E-state index contributed by atoms with van der Waals surface area (Å²) < 4.78 is 4.66. The smallest absolute Gasteiger partial charge is 0.410 e. The highest BCUT2D eigenvalue weighted by molar-refractivity contribution is 5.69. The summed E-state index contributed by atoms with van der Waals surface area (Å²) in [6, 6.07) is 0. The topological polar surface area (TPSA) is 49.8 Å². The van der Waals surface area contributed by atoms with Crippen LogP contribution >= 0.6 is 0 Å². The predicted octanol–water partition coefficient (Wildman–Crippen LogP) is -0.571. The van der Waals surface area contributed by atoms with E-state index in [1.807, 2.05) is 0 Å². The van der Waals surface area contributed by atoms with E-state index in [-0.39, 0.29) is 18.8 Å².